The van der Waals surface area contributed by atoms with Gasteiger partial charge >= 0.3 is 0 Å². The summed E-state index contributed by atoms with van der Waals surface area (Å²) in [6.45, 7) is 2.05. The van der Waals surface area contributed by atoms with E-state index in [1.165, 1.54) is 5.56 Å². The van der Waals surface area contributed by atoms with E-state index >= 15 is 0 Å². The van der Waals surface area contributed by atoms with Gasteiger partial charge in [0, 0.05) is 17.8 Å². The van der Waals surface area contributed by atoms with Crippen LogP contribution in [0.3, 0.4) is 0 Å². The van der Waals surface area contributed by atoms with Crippen LogP contribution in [-0.4, -0.2) is 4.98 Å². The largest absolute Gasteiger partial charge is 0.459 e. The summed E-state index contributed by atoms with van der Waals surface area (Å²) in [4.78, 5) is 4.03. The van der Waals surface area contributed by atoms with Gasteiger partial charge in [0.1, 0.15) is 11.3 Å². The smallest absolute Gasteiger partial charge is 0.137 e. The number of para-hydroxylation sites is 1. The van der Waals surface area contributed by atoms with Crippen molar-refractivity contribution in [2.45, 2.75) is 25.8 Å². The zero-order valence-corrected chi connectivity index (χ0v) is 12.0. The average molecular weight is 281 g/mol. The zero-order chi connectivity index (χ0) is 14.7. The molecule has 108 valence electrons. The maximum absolute atomic E-state index is 5.99. The number of benzene rings is 1. The van der Waals surface area contributed by atoms with E-state index in [0.717, 1.165) is 35.1 Å². The molecule has 1 atom stereocenters. The molecular weight excluding hydrogens is 262 g/mol. The second-order valence-electron chi connectivity index (χ2n) is 5.26. The molecule has 2 heterocycles. The minimum atomic E-state index is 0.00460. The van der Waals surface area contributed by atoms with Crippen LogP contribution < -0.4 is 11.3 Å². The van der Waals surface area contributed by atoms with E-state index < -0.39 is 0 Å². The number of hydrogen-bond donors (Lipinski definition) is 2. The van der Waals surface area contributed by atoms with Crippen LogP contribution in [-0.2, 0) is 6.42 Å². The van der Waals surface area contributed by atoms with Crippen molar-refractivity contribution in [1.29, 1.82) is 0 Å². The lowest BCUT2D eigenvalue weighted by Gasteiger charge is -2.13. The van der Waals surface area contributed by atoms with Crippen molar-refractivity contribution in [2.75, 3.05) is 0 Å². The first-order valence-corrected chi connectivity index (χ1v) is 7.12. The minimum absolute atomic E-state index is 0.00460. The Balaban J connectivity index is 1.80. The predicted octanol–water partition coefficient (Wildman–Crippen LogP) is 3.27. The molecule has 0 saturated heterocycles. The lowest BCUT2D eigenvalue weighted by molar-refractivity contribution is 0.416. The van der Waals surface area contributed by atoms with E-state index in [4.69, 9.17) is 10.3 Å². The fourth-order valence-electron chi connectivity index (χ4n) is 2.57. The molecule has 0 bridgehead atoms. The third-order valence-electron chi connectivity index (χ3n) is 3.78. The van der Waals surface area contributed by atoms with Gasteiger partial charge in [-0.25, -0.2) is 5.43 Å². The second kappa shape index (κ2) is 6.08. The van der Waals surface area contributed by atoms with Crippen LogP contribution in [0.4, 0.5) is 0 Å². The number of hydrogen-bond acceptors (Lipinski definition) is 4. The van der Waals surface area contributed by atoms with Gasteiger partial charge in [-0.15, -0.1) is 0 Å². The van der Waals surface area contributed by atoms with Crippen molar-refractivity contribution >= 4 is 11.0 Å². The Morgan fingerprint density at radius 2 is 2.05 bits per heavy atom. The van der Waals surface area contributed by atoms with Crippen LogP contribution >= 0.6 is 0 Å². The van der Waals surface area contributed by atoms with Crippen LogP contribution in [0.15, 0.2) is 53.2 Å². The maximum atomic E-state index is 5.99. The monoisotopic (exact) mass is 281 g/mol. The second-order valence-corrected chi connectivity index (χ2v) is 5.26. The number of rotatable bonds is 5. The number of nitrogens with one attached hydrogen (secondary N) is 1. The molecule has 3 aromatic rings. The summed E-state index contributed by atoms with van der Waals surface area (Å²) in [6, 6.07) is 12.3. The number of pyridine rings is 1. The summed E-state index contributed by atoms with van der Waals surface area (Å²) < 4.78 is 5.99. The molecule has 0 fully saturated rings. The molecule has 0 aliphatic rings. The lowest BCUT2D eigenvalue weighted by Crippen LogP contribution is -2.28. The highest BCUT2D eigenvalue weighted by Crippen LogP contribution is 2.28. The highest BCUT2D eigenvalue weighted by molar-refractivity contribution is 5.80. The third kappa shape index (κ3) is 2.96. The van der Waals surface area contributed by atoms with Gasteiger partial charge in [-0.2, -0.15) is 0 Å². The summed E-state index contributed by atoms with van der Waals surface area (Å²) in [7, 11) is 0. The van der Waals surface area contributed by atoms with E-state index in [1.54, 1.807) is 0 Å². The Morgan fingerprint density at radius 1 is 1.24 bits per heavy atom. The Labute approximate surface area is 124 Å². The van der Waals surface area contributed by atoms with E-state index in [1.807, 2.05) is 30.6 Å². The first-order valence-electron chi connectivity index (χ1n) is 7.12. The molecule has 0 spiro atoms. The van der Waals surface area contributed by atoms with E-state index in [0.29, 0.717) is 0 Å². The SMILES string of the molecule is Cc1cccc2cc(C(CCc3ccncc3)NN)oc12. The van der Waals surface area contributed by atoms with Gasteiger partial charge in [0.25, 0.3) is 0 Å². The molecule has 2 aromatic heterocycles. The van der Waals surface area contributed by atoms with Crippen molar-refractivity contribution in [1.82, 2.24) is 10.4 Å². The van der Waals surface area contributed by atoms with Gasteiger partial charge in [0.05, 0.1) is 6.04 Å². The first-order chi connectivity index (χ1) is 10.3. The van der Waals surface area contributed by atoms with Crippen molar-refractivity contribution in [3.63, 3.8) is 0 Å². The van der Waals surface area contributed by atoms with Gasteiger partial charge in [-0.05, 0) is 49.1 Å². The Morgan fingerprint density at radius 3 is 2.76 bits per heavy atom. The molecule has 3 N–H and O–H groups in total. The summed E-state index contributed by atoms with van der Waals surface area (Å²) in [5.41, 5.74) is 6.19. The number of hydrazine groups is 1. The molecule has 1 aromatic carbocycles. The number of aromatic nitrogens is 1. The molecule has 0 saturated carbocycles. The summed E-state index contributed by atoms with van der Waals surface area (Å²) >= 11 is 0. The molecule has 21 heavy (non-hydrogen) atoms. The van der Waals surface area contributed by atoms with Crippen LogP contribution in [0.1, 0.15) is 29.3 Å². The number of furan rings is 1. The minimum Gasteiger partial charge on any atom is -0.459 e. The van der Waals surface area contributed by atoms with Crippen LogP contribution in [0.25, 0.3) is 11.0 Å². The standard InChI is InChI=1S/C17H19N3O/c1-12-3-2-4-14-11-16(21-17(12)14)15(20-18)6-5-13-7-9-19-10-8-13/h2-4,7-11,15,20H,5-6,18H2,1H3. The highest BCUT2D eigenvalue weighted by Gasteiger charge is 2.15. The molecule has 3 rings (SSSR count). The Bertz CT molecular complexity index is 721. The zero-order valence-electron chi connectivity index (χ0n) is 12.0. The fraction of sp³-hybridized carbons (Fsp3) is 0.235. The van der Waals surface area contributed by atoms with Crippen LogP contribution in [0, 0.1) is 6.92 Å². The molecule has 0 aliphatic carbocycles. The van der Waals surface area contributed by atoms with Crippen molar-refractivity contribution < 1.29 is 4.42 Å². The number of aryl methyl sites for hydroxylation is 2. The van der Waals surface area contributed by atoms with Gasteiger partial charge in [0.15, 0.2) is 0 Å². The van der Waals surface area contributed by atoms with E-state index in [9.17, 15) is 0 Å². The maximum Gasteiger partial charge on any atom is 0.137 e. The number of nitrogens with zero attached hydrogens (tertiary/aromatic N) is 1. The summed E-state index contributed by atoms with van der Waals surface area (Å²) in [6.07, 6.45) is 5.42. The Kier molecular flexibility index (Phi) is 3.99. The average Bonchev–Trinajstić information content (AvgIpc) is 2.94. The normalized spacial score (nSPS) is 12.7. The molecule has 0 aliphatic heterocycles. The van der Waals surface area contributed by atoms with Crippen molar-refractivity contribution in [3.05, 3.63) is 65.7 Å². The molecule has 0 amide bonds. The molecule has 1 unspecified atom stereocenters. The van der Waals surface area contributed by atoms with Crippen LogP contribution in [0.5, 0.6) is 0 Å². The van der Waals surface area contributed by atoms with E-state index in [2.05, 4.69) is 35.5 Å². The highest BCUT2D eigenvalue weighted by atomic mass is 16.3. The van der Waals surface area contributed by atoms with Crippen molar-refractivity contribution in [2.24, 2.45) is 5.84 Å². The quantitative estimate of drug-likeness (QED) is 0.556. The van der Waals surface area contributed by atoms with E-state index in [-0.39, 0.29) is 6.04 Å². The molecular formula is C17H19N3O. The molecule has 0 radical (unpaired) electrons. The van der Waals surface area contributed by atoms with Crippen molar-refractivity contribution in [3.8, 4) is 0 Å². The predicted molar refractivity (Wildman–Crippen MR) is 83.6 cm³/mol. The lowest BCUT2D eigenvalue weighted by atomic mass is 10.0. The summed E-state index contributed by atoms with van der Waals surface area (Å²) in [5, 5.41) is 1.12. The third-order valence-corrected chi connectivity index (χ3v) is 3.78. The van der Waals surface area contributed by atoms with Gasteiger partial charge in [0.2, 0.25) is 0 Å². The van der Waals surface area contributed by atoms with Gasteiger partial charge in [-0.1, -0.05) is 18.2 Å². The number of fused-ring (bicyclic) bond motifs is 1. The van der Waals surface area contributed by atoms with Crippen LogP contribution in [0.2, 0.25) is 0 Å². The summed E-state index contributed by atoms with van der Waals surface area (Å²) in [5.74, 6) is 6.59. The number of nitrogens with two attached hydrogens (primary N) is 1. The van der Waals surface area contributed by atoms with Gasteiger partial charge < -0.3 is 4.42 Å². The molecule has 4 heteroatoms. The van der Waals surface area contributed by atoms with Gasteiger partial charge in [-0.3, -0.25) is 10.8 Å². The Hall–Kier alpha value is -2.17. The molecule has 4 nitrogen and oxygen atoms in total. The fourth-order valence-corrected chi connectivity index (χ4v) is 2.57. The first kappa shape index (κ1) is 13.8. The topological polar surface area (TPSA) is 64.1 Å².